The van der Waals surface area contributed by atoms with Crippen LogP contribution in [0.25, 0.3) is 12.2 Å². The van der Waals surface area contributed by atoms with Crippen molar-refractivity contribution in [2.24, 2.45) is 5.16 Å². The molecule has 0 aliphatic heterocycles. The Bertz CT molecular complexity index is 1220. The van der Waals surface area contributed by atoms with Gasteiger partial charge in [-0.25, -0.2) is 0 Å². The summed E-state index contributed by atoms with van der Waals surface area (Å²) in [7, 11) is 0. The Morgan fingerprint density at radius 2 is 1.71 bits per heavy atom. The van der Waals surface area contributed by atoms with Crippen LogP contribution in [-0.4, -0.2) is 36.6 Å². The number of rotatable bonds is 12. The first-order valence-corrected chi connectivity index (χ1v) is 13.9. The van der Waals surface area contributed by atoms with Gasteiger partial charge in [0.25, 0.3) is 0 Å². The van der Waals surface area contributed by atoms with Gasteiger partial charge in [0.05, 0.1) is 0 Å². The van der Waals surface area contributed by atoms with Gasteiger partial charge in [0.1, 0.15) is 12.3 Å². The number of hydrogen-bond donors (Lipinski definition) is 0. The normalized spacial score (nSPS) is 13.2. The van der Waals surface area contributed by atoms with E-state index in [-0.39, 0.29) is 0 Å². The van der Waals surface area contributed by atoms with Gasteiger partial charge in [0, 0.05) is 22.6 Å². The lowest BCUT2D eigenvalue weighted by Gasteiger charge is -2.20. The molecule has 3 aromatic rings. The SMILES string of the molecule is CCN(CCCCO/N=C(/c1ccc(SC)cc1)c1cccc2c1=CCCC=2)Cc1ccccc1. The van der Waals surface area contributed by atoms with E-state index in [1.807, 2.05) is 0 Å². The molecule has 182 valence electrons. The Balaban J connectivity index is 1.42. The van der Waals surface area contributed by atoms with E-state index in [1.165, 1.54) is 20.9 Å². The first kappa shape index (κ1) is 25.3. The summed E-state index contributed by atoms with van der Waals surface area (Å²) < 4.78 is 0. The first-order chi connectivity index (χ1) is 17.3. The average molecular weight is 485 g/mol. The molecule has 0 heterocycles. The molecule has 0 N–H and O–H groups in total. The minimum Gasteiger partial charge on any atom is -0.395 e. The molecule has 0 aromatic heterocycles. The van der Waals surface area contributed by atoms with Crippen molar-refractivity contribution in [2.75, 3.05) is 26.0 Å². The van der Waals surface area contributed by atoms with Crippen LogP contribution in [0.2, 0.25) is 0 Å². The first-order valence-electron chi connectivity index (χ1n) is 12.7. The van der Waals surface area contributed by atoms with E-state index in [4.69, 9.17) is 9.99 Å². The molecule has 0 fully saturated rings. The zero-order valence-corrected chi connectivity index (χ0v) is 21.8. The highest BCUT2D eigenvalue weighted by atomic mass is 32.2. The maximum absolute atomic E-state index is 5.93. The molecule has 0 spiro atoms. The van der Waals surface area contributed by atoms with Crippen LogP contribution in [0.3, 0.4) is 0 Å². The molecule has 0 amide bonds. The number of oxime groups is 1. The molecule has 0 saturated carbocycles. The zero-order valence-electron chi connectivity index (χ0n) is 21.0. The summed E-state index contributed by atoms with van der Waals surface area (Å²) >= 11 is 1.75. The summed E-state index contributed by atoms with van der Waals surface area (Å²) in [5.41, 5.74) is 4.53. The van der Waals surface area contributed by atoms with Crippen molar-refractivity contribution < 1.29 is 4.84 Å². The summed E-state index contributed by atoms with van der Waals surface area (Å²) in [5.74, 6) is 0. The highest BCUT2D eigenvalue weighted by Gasteiger charge is 2.12. The Labute approximate surface area is 214 Å². The number of hydrogen-bond acceptors (Lipinski definition) is 4. The zero-order chi connectivity index (χ0) is 24.3. The molecule has 4 heteroatoms. The highest BCUT2D eigenvalue weighted by Crippen LogP contribution is 2.17. The Hall–Kier alpha value is -2.82. The van der Waals surface area contributed by atoms with Crippen LogP contribution in [0.4, 0.5) is 0 Å². The second-order valence-electron chi connectivity index (χ2n) is 8.86. The van der Waals surface area contributed by atoms with E-state index in [0.29, 0.717) is 6.61 Å². The van der Waals surface area contributed by atoms with Gasteiger partial charge in [-0.2, -0.15) is 0 Å². The molecular formula is C31H36N2OS. The minimum absolute atomic E-state index is 0.625. The second-order valence-corrected chi connectivity index (χ2v) is 9.74. The monoisotopic (exact) mass is 484 g/mol. The van der Waals surface area contributed by atoms with Gasteiger partial charge in [0.2, 0.25) is 0 Å². The van der Waals surface area contributed by atoms with Crippen molar-refractivity contribution in [1.29, 1.82) is 0 Å². The van der Waals surface area contributed by atoms with Crippen molar-refractivity contribution in [1.82, 2.24) is 4.90 Å². The van der Waals surface area contributed by atoms with E-state index in [2.05, 4.69) is 103 Å². The van der Waals surface area contributed by atoms with E-state index in [9.17, 15) is 0 Å². The molecule has 3 nitrogen and oxygen atoms in total. The highest BCUT2D eigenvalue weighted by molar-refractivity contribution is 7.98. The number of fused-ring (bicyclic) bond motifs is 1. The van der Waals surface area contributed by atoms with Crippen LogP contribution in [0.15, 0.2) is 82.8 Å². The molecule has 3 aromatic carbocycles. The lowest BCUT2D eigenvalue weighted by atomic mass is 9.96. The molecule has 0 bridgehead atoms. The van der Waals surface area contributed by atoms with Crippen LogP contribution in [-0.2, 0) is 11.4 Å². The van der Waals surface area contributed by atoms with Gasteiger partial charge < -0.3 is 4.84 Å². The van der Waals surface area contributed by atoms with Crippen molar-refractivity contribution in [2.45, 2.75) is 44.0 Å². The van der Waals surface area contributed by atoms with E-state index in [0.717, 1.165) is 62.2 Å². The van der Waals surface area contributed by atoms with E-state index >= 15 is 0 Å². The van der Waals surface area contributed by atoms with Gasteiger partial charge in [-0.1, -0.05) is 84.9 Å². The largest absolute Gasteiger partial charge is 0.395 e. The smallest absolute Gasteiger partial charge is 0.117 e. The predicted octanol–water partition coefficient (Wildman–Crippen LogP) is 5.83. The lowest BCUT2D eigenvalue weighted by molar-refractivity contribution is 0.136. The van der Waals surface area contributed by atoms with Crippen LogP contribution in [0.5, 0.6) is 0 Å². The summed E-state index contributed by atoms with van der Waals surface area (Å²) in [5, 5.41) is 7.26. The van der Waals surface area contributed by atoms with Gasteiger partial charge in [0.15, 0.2) is 0 Å². The van der Waals surface area contributed by atoms with Gasteiger partial charge in [-0.05, 0) is 73.2 Å². The van der Waals surface area contributed by atoms with Crippen LogP contribution >= 0.6 is 11.8 Å². The Kier molecular flexibility index (Phi) is 9.62. The van der Waals surface area contributed by atoms with Crippen molar-refractivity contribution in [3.63, 3.8) is 0 Å². The summed E-state index contributed by atoms with van der Waals surface area (Å²) in [6.45, 7) is 5.97. The minimum atomic E-state index is 0.625. The number of unbranched alkanes of at least 4 members (excludes halogenated alkanes) is 1. The number of benzene rings is 3. The summed E-state index contributed by atoms with van der Waals surface area (Å²) in [6, 6.07) is 25.8. The third kappa shape index (κ3) is 7.09. The van der Waals surface area contributed by atoms with Crippen molar-refractivity contribution in [3.8, 4) is 0 Å². The molecule has 0 unspecified atom stereocenters. The molecule has 35 heavy (non-hydrogen) atoms. The summed E-state index contributed by atoms with van der Waals surface area (Å²) in [4.78, 5) is 9.66. The molecule has 0 atom stereocenters. The fraction of sp³-hybridized carbons (Fsp3) is 0.323. The number of thioether (sulfide) groups is 1. The molecule has 4 rings (SSSR count). The third-order valence-electron chi connectivity index (χ3n) is 6.45. The standard InChI is InChI=1S/C31H36N2OS/c1-3-33(24-25-12-5-4-6-13-25)22-9-10-23-34-32-31(27-18-20-28(35-2)21-19-27)30-17-11-15-26-14-7-8-16-29(26)30/h4-6,11-21H,3,7-10,22-24H2,1-2H3/b32-31-. The van der Waals surface area contributed by atoms with Gasteiger partial charge in [-0.3, -0.25) is 4.90 Å². The molecule has 1 aliphatic carbocycles. The van der Waals surface area contributed by atoms with Crippen LogP contribution < -0.4 is 10.4 Å². The van der Waals surface area contributed by atoms with Crippen molar-refractivity contribution >= 4 is 29.6 Å². The number of nitrogens with zero attached hydrogens (tertiary/aromatic N) is 2. The van der Waals surface area contributed by atoms with Crippen LogP contribution in [0.1, 0.15) is 49.3 Å². The van der Waals surface area contributed by atoms with E-state index in [1.54, 1.807) is 11.8 Å². The molecule has 0 radical (unpaired) electrons. The average Bonchev–Trinajstić information content (AvgIpc) is 2.92. The molecular weight excluding hydrogens is 448 g/mol. The van der Waals surface area contributed by atoms with Crippen LogP contribution in [0, 0.1) is 0 Å². The topological polar surface area (TPSA) is 24.8 Å². The quantitative estimate of drug-likeness (QED) is 0.140. The third-order valence-corrected chi connectivity index (χ3v) is 7.19. The van der Waals surface area contributed by atoms with E-state index < -0.39 is 0 Å². The Morgan fingerprint density at radius 3 is 2.49 bits per heavy atom. The van der Waals surface area contributed by atoms with Gasteiger partial charge >= 0.3 is 0 Å². The fourth-order valence-corrected chi connectivity index (χ4v) is 4.88. The molecule has 0 saturated heterocycles. The van der Waals surface area contributed by atoms with Crippen molar-refractivity contribution in [3.05, 3.63) is 99.9 Å². The lowest BCUT2D eigenvalue weighted by Crippen LogP contribution is -2.32. The fourth-order valence-electron chi connectivity index (χ4n) is 4.47. The Morgan fingerprint density at radius 1 is 0.914 bits per heavy atom. The molecule has 1 aliphatic rings. The van der Waals surface area contributed by atoms with Gasteiger partial charge in [-0.15, -0.1) is 11.8 Å². The summed E-state index contributed by atoms with van der Waals surface area (Å²) in [6.07, 6.45) is 11.0. The maximum Gasteiger partial charge on any atom is 0.117 e. The predicted molar refractivity (Wildman–Crippen MR) is 150 cm³/mol. The second kappa shape index (κ2) is 13.3. The maximum atomic E-state index is 5.93.